The zero-order valence-electron chi connectivity index (χ0n) is 11.5. The minimum Gasteiger partial charge on any atom is -0.352 e. The molecule has 4 heteroatoms. The molecule has 1 aromatic rings. The Bertz CT molecular complexity index is 476. The monoisotopic (exact) mass is 309 g/mol. The van der Waals surface area contributed by atoms with Crippen molar-refractivity contribution in [3.63, 3.8) is 0 Å². The highest BCUT2D eigenvalue weighted by molar-refractivity contribution is 7.99. The number of hydrogen-bond donors (Lipinski definition) is 1. The molecular formula is C16H20ClNOS. The van der Waals surface area contributed by atoms with Gasteiger partial charge in [0, 0.05) is 16.8 Å². The fourth-order valence-corrected chi connectivity index (χ4v) is 4.44. The molecule has 1 amide bonds. The third kappa shape index (κ3) is 3.50. The van der Waals surface area contributed by atoms with Gasteiger partial charge in [0.25, 0.3) is 0 Å². The van der Waals surface area contributed by atoms with Gasteiger partial charge in [-0.1, -0.05) is 30.2 Å². The van der Waals surface area contributed by atoms with Gasteiger partial charge < -0.3 is 5.32 Å². The van der Waals surface area contributed by atoms with Crippen molar-refractivity contribution in [2.45, 2.75) is 37.5 Å². The number of rotatable bonds is 5. The third-order valence-corrected chi connectivity index (χ3v) is 5.76. The quantitative estimate of drug-likeness (QED) is 0.894. The molecule has 2 fully saturated rings. The number of benzene rings is 1. The van der Waals surface area contributed by atoms with Crippen LogP contribution in [0.25, 0.3) is 0 Å². The van der Waals surface area contributed by atoms with E-state index in [4.69, 9.17) is 11.6 Å². The van der Waals surface area contributed by atoms with Crippen molar-refractivity contribution in [3.8, 4) is 0 Å². The fraction of sp³-hybridized carbons (Fsp3) is 0.562. The fourth-order valence-electron chi connectivity index (χ4n) is 3.51. The molecule has 2 nitrogen and oxygen atoms in total. The Labute approximate surface area is 129 Å². The lowest BCUT2D eigenvalue weighted by atomic mass is 9.95. The third-order valence-electron chi connectivity index (χ3n) is 4.50. The van der Waals surface area contributed by atoms with E-state index in [2.05, 4.69) is 5.32 Å². The van der Waals surface area contributed by atoms with Crippen LogP contribution in [0.15, 0.2) is 24.3 Å². The highest BCUT2D eigenvalue weighted by atomic mass is 35.5. The lowest BCUT2D eigenvalue weighted by Crippen LogP contribution is -2.39. The maximum atomic E-state index is 12.0. The van der Waals surface area contributed by atoms with Crippen LogP contribution in [0, 0.1) is 11.8 Å². The number of halogens is 1. The molecule has 3 rings (SSSR count). The molecule has 0 saturated heterocycles. The average molecular weight is 310 g/mol. The first-order valence-corrected chi connectivity index (χ1v) is 8.85. The second-order valence-electron chi connectivity index (χ2n) is 5.97. The summed E-state index contributed by atoms with van der Waals surface area (Å²) >= 11 is 7.52. The van der Waals surface area contributed by atoms with Crippen molar-refractivity contribution in [2.24, 2.45) is 11.8 Å². The number of fused-ring (bicyclic) bond motifs is 2. The summed E-state index contributed by atoms with van der Waals surface area (Å²) in [6.45, 7) is 0. The predicted octanol–water partition coefficient (Wildman–Crippen LogP) is 3.88. The molecule has 0 unspecified atom stereocenters. The minimum atomic E-state index is 0.196. The normalized spacial score (nSPS) is 27.8. The van der Waals surface area contributed by atoms with Gasteiger partial charge in [-0.25, -0.2) is 0 Å². The van der Waals surface area contributed by atoms with E-state index in [1.807, 2.05) is 24.3 Å². The first-order valence-electron chi connectivity index (χ1n) is 7.32. The summed E-state index contributed by atoms with van der Waals surface area (Å²) in [5, 5.41) is 3.98. The Kier molecular flexibility index (Phi) is 4.57. The van der Waals surface area contributed by atoms with Crippen LogP contribution < -0.4 is 5.32 Å². The summed E-state index contributed by atoms with van der Waals surface area (Å²) in [5.41, 5.74) is 1.21. The van der Waals surface area contributed by atoms with Crippen LogP contribution in [0.4, 0.5) is 0 Å². The first-order chi connectivity index (χ1) is 9.70. The van der Waals surface area contributed by atoms with Gasteiger partial charge in [0.05, 0.1) is 5.75 Å². The van der Waals surface area contributed by atoms with Gasteiger partial charge in [0.15, 0.2) is 0 Å². The molecule has 0 aliphatic heterocycles. The van der Waals surface area contributed by atoms with Gasteiger partial charge >= 0.3 is 0 Å². The molecule has 1 N–H and O–H groups in total. The average Bonchev–Trinajstić information content (AvgIpc) is 3.03. The summed E-state index contributed by atoms with van der Waals surface area (Å²) < 4.78 is 0. The number of amides is 1. The largest absolute Gasteiger partial charge is 0.352 e. The number of thioether (sulfide) groups is 1. The minimum absolute atomic E-state index is 0.196. The summed E-state index contributed by atoms with van der Waals surface area (Å²) in [7, 11) is 0. The molecule has 108 valence electrons. The molecule has 20 heavy (non-hydrogen) atoms. The molecule has 0 heterocycles. The van der Waals surface area contributed by atoms with Crippen LogP contribution in [0.5, 0.6) is 0 Å². The maximum absolute atomic E-state index is 12.0. The van der Waals surface area contributed by atoms with Crippen molar-refractivity contribution in [2.75, 3.05) is 5.75 Å². The highest BCUT2D eigenvalue weighted by Crippen LogP contribution is 2.44. The molecule has 0 spiro atoms. The van der Waals surface area contributed by atoms with E-state index < -0.39 is 0 Å². The Morgan fingerprint density at radius 2 is 2.05 bits per heavy atom. The van der Waals surface area contributed by atoms with E-state index in [0.29, 0.717) is 11.8 Å². The van der Waals surface area contributed by atoms with Crippen LogP contribution in [-0.4, -0.2) is 17.7 Å². The standard InChI is InChI=1S/C16H20ClNOS/c17-14-5-2-11(3-6-14)9-20-10-16(19)18-15-8-12-1-4-13(15)7-12/h2-3,5-6,12-13,15H,1,4,7-10H2,(H,18,19)/t12-,13-,15-/m1/s1. The maximum Gasteiger partial charge on any atom is 0.230 e. The van der Waals surface area contributed by atoms with Crippen LogP contribution in [0.2, 0.25) is 5.02 Å². The summed E-state index contributed by atoms with van der Waals surface area (Å²) in [6, 6.07) is 8.28. The second-order valence-corrected chi connectivity index (χ2v) is 7.39. The summed E-state index contributed by atoms with van der Waals surface area (Å²) in [5.74, 6) is 3.25. The van der Waals surface area contributed by atoms with E-state index in [9.17, 15) is 4.79 Å². The summed E-state index contributed by atoms with van der Waals surface area (Å²) in [6.07, 6.45) is 5.23. The number of carbonyl (C=O) groups excluding carboxylic acids is 1. The Hall–Kier alpha value is -0.670. The first kappa shape index (κ1) is 14.3. The van der Waals surface area contributed by atoms with E-state index >= 15 is 0 Å². The van der Waals surface area contributed by atoms with Gasteiger partial charge in [-0.15, -0.1) is 11.8 Å². The van der Waals surface area contributed by atoms with Crippen LogP contribution >= 0.6 is 23.4 Å². The highest BCUT2D eigenvalue weighted by Gasteiger charge is 2.39. The number of hydrogen-bond acceptors (Lipinski definition) is 2. The van der Waals surface area contributed by atoms with Crippen molar-refractivity contribution < 1.29 is 4.79 Å². The van der Waals surface area contributed by atoms with Crippen LogP contribution in [0.1, 0.15) is 31.2 Å². The topological polar surface area (TPSA) is 29.1 Å². The number of carbonyl (C=O) groups is 1. The lowest BCUT2D eigenvalue weighted by molar-refractivity contribution is -0.119. The molecule has 2 bridgehead atoms. The molecule has 1 aromatic carbocycles. The molecule has 0 radical (unpaired) electrons. The second kappa shape index (κ2) is 6.40. The lowest BCUT2D eigenvalue weighted by Gasteiger charge is -2.22. The van der Waals surface area contributed by atoms with E-state index in [0.717, 1.165) is 22.6 Å². The molecular weight excluding hydrogens is 290 g/mol. The Balaban J connectivity index is 1.38. The van der Waals surface area contributed by atoms with E-state index in [1.54, 1.807) is 11.8 Å². The molecule has 2 aliphatic carbocycles. The molecule has 2 aliphatic rings. The van der Waals surface area contributed by atoms with Gasteiger partial charge in [0.2, 0.25) is 5.91 Å². The van der Waals surface area contributed by atoms with Crippen LogP contribution in [0.3, 0.4) is 0 Å². The zero-order valence-corrected chi connectivity index (χ0v) is 13.1. The SMILES string of the molecule is O=C(CSCc1ccc(Cl)cc1)N[C@@H]1C[C@@H]2CC[C@@H]1C2. The van der Waals surface area contributed by atoms with Crippen molar-refractivity contribution in [3.05, 3.63) is 34.9 Å². The van der Waals surface area contributed by atoms with Crippen LogP contribution in [-0.2, 0) is 10.5 Å². The number of nitrogens with one attached hydrogen (secondary N) is 1. The van der Waals surface area contributed by atoms with E-state index in [-0.39, 0.29) is 5.91 Å². The Morgan fingerprint density at radius 1 is 1.25 bits per heavy atom. The Morgan fingerprint density at radius 3 is 2.70 bits per heavy atom. The predicted molar refractivity (Wildman–Crippen MR) is 85.0 cm³/mol. The van der Waals surface area contributed by atoms with Gasteiger partial charge in [-0.2, -0.15) is 0 Å². The van der Waals surface area contributed by atoms with E-state index in [1.165, 1.54) is 31.2 Å². The molecule has 2 saturated carbocycles. The van der Waals surface area contributed by atoms with Gasteiger partial charge in [-0.3, -0.25) is 4.79 Å². The zero-order chi connectivity index (χ0) is 13.9. The van der Waals surface area contributed by atoms with Crippen molar-refractivity contribution in [1.82, 2.24) is 5.32 Å². The molecule has 0 aromatic heterocycles. The smallest absolute Gasteiger partial charge is 0.230 e. The van der Waals surface area contributed by atoms with Crippen molar-refractivity contribution >= 4 is 29.3 Å². The van der Waals surface area contributed by atoms with Gasteiger partial charge in [0.1, 0.15) is 0 Å². The van der Waals surface area contributed by atoms with Gasteiger partial charge in [-0.05, 0) is 48.8 Å². The van der Waals surface area contributed by atoms with Crippen molar-refractivity contribution in [1.29, 1.82) is 0 Å². The summed E-state index contributed by atoms with van der Waals surface area (Å²) in [4.78, 5) is 12.0. The molecule has 3 atom stereocenters.